The minimum atomic E-state index is -4.05. The molecule has 1 heterocycles. The van der Waals surface area contributed by atoms with E-state index in [2.05, 4.69) is 15.0 Å². The van der Waals surface area contributed by atoms with Gasteiger partial charge in [0.2, 0.25) is 5.89 Å². The number of para-hydroxylation sites is 1. The van der Waals surface area contributed by atoms with E-state index in [9.17, 15) is 17.6 Å². The molecule has 0 radical (unpaired) electrons. The SMILES string of the molecule is Cc1cccc(C(=O)NCc2nc(-c3ccccc3NS(=O)(=O)c3cccc(F)c3)oc2C)c1C. The monoisotopic (exact) mass is 493 g/mol. The highest BCUT2D eigenvalue weighted by atomic mass is 32.2. The number of hydrogen-bond acceptors (Lipinski definition) is 5. The molecule has 1 amide bonds. The first-order valence-electron chi connectivity index (χ1n) is 10.8. The van der Waals surface area contributed by atoms with Crippen molar-refractivity contribution in [3.63, 3.8) is 0 Å². The molecule has 0 aliphatic rings. The molecule has 0 unspecified atom stereocenters. The van der Waals surface area contributed by atoms with Gasteiger partial charge in [-0.05, 0) is 68.3 Å². The first-order valence-corrected chi connectivity index (χ1v) is 12.3. The summed E-state index contributed by atoms with van der Waals surface area (Å²) in [6.07, 6.45) is 0. The van der Waals surface area contributed by atoms with Gasteiger partial charge in [-0.2, -0.15) is 0 Å². The van der Waals surface area contributed by atoms with Crippen LogP contribution in [0.2, 0.25) is 0 Å². The molecule has 0 saturated heterocycles. The van der Waals surface area contributed by atoms with Crippen molar-refractivity contribution in [2.24, 2.45) is 0 Å². The number of nitrogens with one attached hydrogen (secondary N) is 2. The van der Waals surface area contributed by atoms with Crippen molar-refractivity contribution in [1.29, 1.82) is 0 Å². The zero-order valence-electron chi connectivity index (χ0n) is 19.4. The Hall–Kier alpha value is -3.98. The third-order valence-electron chi connectivity index (χ3n) is 5.67. The summed E-state index contributed by atoms with van der Waals surface area (Å²) in [5, 5.41) is 2.86. The third-order valence-corrected chi connectivity index (χ3v) is 7.03. The van der Waals surface area contributed by atoms with Crippen molar-refractivity contribution in [2.45, 2.75) is 32.2 Å². The Labute approximate surface area is 203 Å². The fourth-order valence-corrected chi connectivity index (χ4v) is 4.67. The average molecular weight is 494 g/mol. The Kier molecular flexibility index (Phi) is 6.70. The van der Waals surface area contributed by atoms with E-state index in [1.807, 2.05) is 26.0 Å². The molecule has 7 nitrogen and oxygen atoms in total. The van der Waals surface area contributed by atoms with Crippen molar-refractivity contribution in [3.8, 4) is 11.5 Å². The molecular formula is C26H24FN3O4S. The van der Waals surface area contributed by atoms with Gasteiger partial charge in [-0.25, -0.2) is 17.8 Å². The second-order valence-electron chi connectivity index (χ2n) is 8.06. The second kappa shape index (κ2) is 9.71. The van der Waals surface area contributed by atoms with Crippen molar-refractivity contribution < 1.29 is 22.0 Å². The molecule has 0 bridgehead atoms. The number of anilines is 1. The number of amides is 1. The van der Waals surface area contributed by atoms with Crippen LogP contribution in [-0.4, -0.2) is 19.3 Å². The highest BCUT2D eigenvalue weighted by molar-refractivity contribution is 7.92. The smallest absolute Gasteiger partial charge is 0.262 e. The number of halogens is 1. The van der Waals surface area contributed by atoms with Crippen LogP contribution in [0.15, 0.2) is 76.0 Å². The standard InChI is InChI=1S/C26H24FN3O4S/c1-16-8-6-12-21(17(16)2)25(31)28-15-24-18(3)34-26(29-24)22-11-4-5-13-23(22)30-35(32,33)20-10-7-9-19(27)14-20/h4-14,30H,15H2,1-3H3,(H,28,31). The quantitative estimate of drug-likeness (QED) is 0.371. The van der Waals surface area contributed by atoms with Crippen LogP contribution in [0.1, 0.15) is 32.9 Å². The van der Waals surface area contributed by atoms with Gasteiger partial charge in [0.15, 0.2) is 0 Å². The Bertz CT molecular complexity index is 1510. The van der Waals surface area contributed by atoms with Gasteiger partial charge in [-0.15, -0.1) is 0 Å². The van der Waals surface area contributed by atoms with Gasteiger partial charge in [0.1, 0.15) is 17.3 Å². The predicted molar refractivity (Wildman–Crippen MR) is 131 cm³/mol. The van der Waals surface area contributed by atoms with E-state index in [1.165, 1.54) is 18.2 Å². The molecular weight excluding hydrogens is 469 g/mol. The largest absolute Gasteiger partial charge is 0.441 e. The van der Waals surface area contributed by atoms with Gasteiger partial charge in [-0.3, -0.25) is 9.52 Å². The maximum atomic E-state index is 13.6. The number of aryl methyl sites for hydroxylation is 2. The summed E-state index contributed by atoms with van der Waals surface area (Å²) in [7, 11) is -4.05. The molecule has 9 heteroatoms. The van der Waals surface area contributed by atoms with E-state index >= 15 is 0 Å². The number of hydrogen-bond donors (Lipinski definition) is 2. The first-order chi connectivity index (χ1) is 16.7. The van der Waals surface area contributed by atoms with E-state index in [4.69, 9.17) is 4.42 Å². The van der Waals surface area contributed by atoms with E-state index in [-0.39, 0.29) is 28.9 Å². The fraction of sp³-hybridized carbons (Fsp3) is 0.154. The molecule has 1 aromatic heterocycles. The molecule has 0 aliphatic carbocycles. The summed E-state index contributed by atoms with van der Waals surface area (Å²) in [5.74, 6) is -0.199. The van der Waals surface area contributed by atoms with Crippen molar-refractivity contribution in [2.75, 3.05) is 4.72 Å². The third kappa shape index (κ3) is 5.25. The van der Waals surface area contributed by atoms with Gasteiger partial charge < -0.3 is 9.73 Å². The summed E-state index contributed by atoms with van der Waals surface area (Å²) in [6.45, 7) is 5.69. The highest BCUT2D eigenvalue weighted by Crippen LogP contribution is 2.30. The zero-order valence-corrected chi connectivity index (χ0v) is 20.2. The van der Waals surface area contributed by atoms with Crippen LogP contribution in [0.4, 0.5) is 10.1 Å². The molecule has 0 saturated carbocycles. The lowest BCUT2D eigenvalue weighted by molar-refractivity contribution is 0.0949. The molecule has 3 aromatic carbocycles. The number of rotatable bonds is 7. The normalized spacial score (nSPS) is 11.3. The van der Waals surface area contributed by atoms with Crippen molar-refractivity contribution in [3.05, 3.63) is 101 Å². The predicted octanol–water partition coefficient (Wildman–Crippen LogP) is 5.14. The molecule has 0 aliphatic heterocycles. The summed E-state index contributed by atoms with van der Waals surface area (Å²) >= 11 is 0. The Morgan fingerprint density at radius 2 is 1.74 bits per heavy atom. The van der Waals surface area contributed by atoms with E-state index < -0.39 is 15.8 Å². The number of sulfonamides is 1. The summed E-state index contributed by atoms with van der Waals surface area (Å²) in [4.78, 5) is 17.0. The molecule has 35 heavy (non-hydrogen) atoms. The zero-order chi connectivity index (χ0) is 25.2. The minimum Gasteiger partial charge on any atom is -0.441 e. The number of benzene rings is 3. The molecule has 180 valence electrons. The Balaban J connectivity index is 1.56. The number of nitrogens with zero attached hydrogens (tertiary/aromatic N) is 1. The Morgan fingerprint density at radius 3 is 2.51 bits per heavy atom. The van der Waals surface area contributed by atoms with Gasteiger partial charge in [-0.1, -0.05) is 30.3 Å². The van der Waals surface area contributed by atoms with Crippen LogP contribution < -0.4 is 10.0 Å². The van der Waals surface area contributed by atoms with E-state index in [0.29, 0.717) is 22.6 Å². The van der Waals surface area contributed by atoms with Crippen LogP contribution in [0.25, 0.3) is 11.5 Å². The summed E-state index contributed by atoms with van der Waals surface area (Å²) in [5.41, 5.74) is 3.66. The Morgan fingerprint density at radius 1 is 1.00 bits per heavy atom. The van der Waals surface area contributed by atoms with E-state index in [0.717, 1.165) is 17.2 Å². The fourth-order valence-electron chi connectivity index (χ4n) is 3.56. The average Bonchev–Trinajstić information content (AvgIpc) is 3.19. The topological polar surface area (TPSA) is 101 Å². The first kappa shape index (κ1) is 24.2. The van der Waals surface area contributed by atoms with Crippen LogP contribution in [0.5, 0.6) is 0 Å². The second-order valence-corrected chi connectivity index (χ2v) is 9.74. The van der Waals surface area contributed by atoms with Gasteiger partial charge >= 0.3 is 0 Å². The molecule has 4 aromatic rings. The van der Waals surface area contributed by atoms with E-state index in [1.54, 1.807) is 37.3 Å². The summed E-state index contributed by atoms with van der Waals surface area (Å²) in [6, 6.07) is 16.9. The van der Waals surface area contributed by atoms with Gasteiger partial charge in [0, 0.05) is 5.56 Å². The minimum absolute atomic E-state index is 0.138. The van der Waals surface area contributed by atoms with Crippen LogP contribution >= 0.6 is 0 Å². The van der Waals surface area contributed by atoms with Crippen LogP contribution in [0.3, 0.4) is 0 Å². The molecule has 0 spiro atoms. The van der Waals surface area contributed by atoms with Crippen LogP contribution in [0, 0.1) is 26.6 Å². The number of oxazole rings is 1. The number of carbonyl (C=O) groups is 1. The van der Waals surface area contributed by atoms with Crippen LogP contribution in [-0.2, 0) is 16.6 Å². The molecule has 4 rings (SSSR count). The lowest BCUT2D eigenvalue weighted by Crippen LogP contribution is -2.24. The van der Waals surface area contributed by atoms with Gasteiger partial charge in [0.05, 0.1) is 22.7 Å². The molecule has 0 atom stereocenters. The molecule has 0 fully saturated rings. The molecule has 2 N–H and O–H groups in total. The maximum Gasteiger partial charge on any atom is 0.262 e. The number of carbonyl (C=O) groups excluding carboxylic acids is 1. The van der Waals surface area contributed by atoms with Gasteiger partial charge in [0.25, 0.3) is 15.9 Å². The maximum absolute atomic E-state index is 13.6. The lowest BCUT2D eigenvalue weighted by Gasteiger charge is -2.11. The summed E-state index contributed by atoms with van der Waals surface area (Å²) < 4.78 is 47.4. The number of aromatic nitrogens is 1. The lowest BCUT2D eigenvalue weighted by atomic mass is 10.0. The van der Waals surface area contributed by atoms with Crippen molar-refractivity contribution in [1.82, 2.24) is 10.3 Å². The highest BCUT2D eigenvalue weighted by Gasteiger charge is 2.20. The van der Waals surface area contributed by atoms with Crippen molar-refractivity contribution >= 4 is 21.6 Å².